The largest absolute Gasteiger partial charge is 0.282 e. The third-order valence-electron chi connectivity index (χ3n) is 4.22. The van der Waals surface area contributed by atoms with E-state index in [4.69, 9.17) is 23.2 Å². The number of halogens is 3. The van der Waals surface area contributed by atoms with Gasteiger partial charge >= 0.3 is 0 Å². The average Bonchev–Trinajstić information content (AvgIpc) is 3.01. The fraction of sp³-hybridized carbons (Fsp3) is 0. The van der Waals surface area contributed by atoms with E-state index >= 15 is 0 Å². The highest BCUT2D eigenvalue weighted by Gasteiger charge is 2.32. The molecular weight excluding hydrogens is 459 g/mol. The van der Waals surface area contributed by atoms with Crippen LogP contribution in [0.2, 0.25) is 10.0 Å². The quantitative estimate of drug-likeness (QED) is 0.396. The van der Waals surface area contributed by atoms with Gasteiger partial charge in [-0.15, -0.1) is 0 Å². The van der Waals surface area contributed by atoms with Crippen molar-refractivity contribution >= 4 is 62.6 Å². The Morgan fingerprint density at radius 2 is 1.39 bits per heavy atom. The Labute approximate surface area is 181 Å². The van der Waals surface area contributed by atoms with Crippen LogP contribution in [-0.2, 0) is 4.79 Å². The molecule has 1 heterocycles. The number of benzene rings is 3. The van der Waals surface area contributed by atoms with Gasteiger partial charge in [0.25, 0.3) is 5.91 Å². The number of carbonyl (C=O) groups excluding carboxylic acids is 1. The summed E-state index contributed by atoms with van der Waals surface area (Å²) in [4.78, 5) is 19.4. The molecule has 138 valence electrons. The average molecular weight is 472 g/mol. The maximum Gasteiger partial charge on any atom is 0.282 e. The summed E-state index contributed by atoms with van der Waals surface area (Å²) in [5.41, 5.74) is 2.75. The summed E-state index contributed by atoms with van der Waals surface area (Å²) in [7, 11) is 0. The minimum Gasteiger partial charge on any atom is -0.266 e. The number of rotatable bonds is 3. The van der Waals surface area contributed by atoms with E-state index < -0.39 is 0 Å². The van der Waals surface area contributed by atoms with Crippen LogP contribution >= 0.6 is 39.1 Å². The van der Waals surface area contributed by atoms with Crippen LogP contribution in [0.15, 0.2) is 88.0 Å². The van der Waals surface area contributed by atoms with Gasteiger partial charge in [0.05, 0.1) is 5.69 Å². The number of amidine groups is 1. The third kappa shape index (κ3) is 3.90. The van der Waals surface area contributed by atoms with Crippen LogP contribution in [-0.4, -0.2) is 11.7 Å². The van der Waals surface area contributed by atoms with Gasteiger partial charge in [-0.05, 0) is 72.3 Å². The van der Waals surface area contributed by atoms with E-state index in [2.05, 4.69) is 20.9 Å². The summed E-state index contributed by atoms with van der Waals surface area (Å²) in [5.74, 6) is 0.367. The zero-order valence-corrected chi connectivity index (χ0v) is 17.5. The molecule has 3 nitrogen and oxygen atoms in total. The molecule has 0 bridgehead atoms. The van der Waals surface area contributed by atoms with Crippen molar-refractivity contribution in [3.8, 4) is 0 Å². The van der Waals surface area contributed by atoms with Crippen LogP contribution in [0.5, 0.6) is 0 Å². The molecule has 0 saturated heterocycles. The van der Waals surface area contributed by atoms with Gasteiger partial charge in [-0.3, -0.25) is 9.69 Å². The minimum atomic E-state index is -0.192. The summed E-state index contributed by atoms with van der Waals surface area (Å²) < 4.78 is 0.935. The third-order valence-corrected chi connectivity index (χ3v) is 5.25. The van der Waals surface area contributed by atoms with Crippen molar-refractivity contribution in [3.05, 3.63) is 104 Å². The van der Waals surface area contributed by atoms with Gasteiger partial charge < -0.3 is 0 Å². The number of carbonyl (C=O) groups is 1. The molecule has 28 heavy (non-hydrogen) atoms. The smallest absolute Gasteiger partial charge is 0.266 e. The first-order valence-corrected chi connectivity index (χ1v) is 9.98. The molecule has 6 heteroatoms. The van der Waals surface area contributed by atoms with Crippen LogP contribution in [0.1, 0.15) is 11.1 Å². The molecule has 1 aliphatic heterocycles. The summed E-state index contributed by atoms with van der Waals surface area (Å²) >= 11 is 15.4. The number of hydrogen-bond donors (Lipinski definition) is 0. The van der Waals surface area contributed by atoms with Gasteiger partial charge in [0.1, 0.15) is 11.5 Å². The number of amides is 1. The Balaban J connectivity index is 1.81. The first kappa shape index (κ1) is 18.9. The van der Waals surface area contributed by atoms with Gasteiger partial charge in [-0.2, -0.15) is 0 Å². The topological polar surface area (TPSA) is 32.7 Å². The standard InChI is InChI=1S/C22H13BrCl2N2O/c23-16-5-11-19(12-6-16)27-21(15-3-9-18(25)10-4-15)26-20(22(27)28)13-14-1-7-17(24)8-2-14/h1-13H/b20-13+. The van der Waals surface area contributed by atoms with Crippen LogP contribution in [0, 0.1) is 0 Å². The van der Waals surface area contributed by atoms with Crippen LogP contribution in [0.3, 0.4) is 0 Å². The van der Waals surface area contributed by atoms with E-state index in [1.807, 2.05) is 48.5 Å². The van der Waals surface area contributed by atoms with Gasteiger partial charge in [0, 0.05) is 20.1 Å². The van der Waals surface area contributed by atoms with E-state index in [0.717, 1.165) is 21.3 Å². The number of aliphatic imine (C=N–C) groups is 1. The highest BCUT2D eigenvalue weighted by atomic mass is 79.9. The molecule has 3 aromatic rings. The summed E-state index contributed by atoms with van der Waals surface area (Å²) in [6.45, 7) is 0. The van der Waals surface area contributed by atoms with Crippen molar-refractivity contribution in [1.82, 2.24) is 0 Å². The summed E-state index contributed by atoms with van der Waals surface area (Å²) in [6, 6.07) is 22.1. The summed E-state index contributed by atoms with van der Waals surface area (Å²) in [5, 5.41) is 1.27. The Hall–Kier alpha value is -2.40. The van der Waals surface area contributed by atoms with Gasteiger partial charge in [0.2, 0.25) is 0 Å². The highest BCUT2D eigenvalue weighted by molar-refractivity contribution is 9.10. The predicted molar refractivity (Wildman–Crippen MR) is 119 cm³/mol. The second-order valence-corrected chi connectivity index (χ2v) is 7.93. The van der Waals surface area contributed by atoms with E-state index in [9.17, 15) is 4.79 Å². The second-order valence-electron chi connectivity index (χ2n) is 6.14. The molecule has 0 fully saturated rings. The van der Waals surface area contributed by atoms with Crippen molar-refractivity contribution in [2.24, 2.45) is 4.99 Å². The highest BCUT2D eigenvalue weighted by Crippen LogP contribution is 2.29. The second kappa shape index (κ2) is 7.92. The first-order valence-electron chi connectivity index (χ1n) is 8.43. The molecule has 1 aliphatic rings. The predicted octanol–water partition coefficient (Wildman–Crippen LogP) is 6.59. The molecule has 0 unspecified atom stereocenters. The Bertz CT molecular complexity index is 1090. The Morgan fingerprint density at radius 1 is 0.821 bits per heavy atom. The normalized spacial score (nSPS) is 15.2. The van der Waals surface area contributed by atoms with Crippen molar-refractivity contribution in [2.45, 2.75) is 0 Å². The fourth-order valence-corrected chi connectivity index (χ4v) is 3.37. The van der Waals surface area contributed by atoms with Crippen molar-refractivity contribution in [1.29, 1.82) is 0 Å². The van der Waals surface area contributed by atoms with Crippen molar-refractivity contribution in [2.75, 3.05) is 4.90 Å². The molecule has 0 aliphatic carbocycles. The first-order chi connectivity index (χ1) is 13.5. The molecule has 1 amide bonds. The number of hydrogen-bond acceptors (Lipinski definition) is 2. The minimum absolute atomic E-state index is 0.192. The van der Waals surface area contributed by atoms with Gasteiger partial charge in [-0.25, -0.2) is 4.99 Å². The fourth-order valence-electron chi connectivity index (χ4n) is 2.86. The molecule has 0 saturated carbocycles. The lowest BCUT2D eigenvalue weighted by Gasteiger charge is -2.18. The van der Waals surface area contributed by atoms with Crippen LogP contribution in [0.25, 0.3) is 6.08 Å². The maximum absolute atomic E-state index is 13.2. The molecule has 3 aromatic carbocycles. The molecule has 0 radical (unpaired) electrons. The van der Waals surface area contributed by atoms with Crippen LogP contribution in [0.4, 0.5) is 5.69 Å². The molecule has 0 aromatic heterocycles. The van der Waals surface area contributed by atoms with Gasteiger partial charge in [-0.1, -0.05) is 51.3 Å². The molecule has 0 atom stereocenters. The summed E-state index contributed by atoms with van der Waals surface area (Å²) in [6.07, 6.45) is 1.76. The molecule has 0 N–H and O–H groups in total. The zero-order valence-electron chi connectivity index (χ0n) is 14.4. The Morgan fingerprint density at radius 3 is 2.00 bits per heavy atom. The van der Waals surface area contributed by atoms with Crippen molar-refractivity contribution in [3.63, 3.8) is 0 Å². The van der Waals surface area contributed by atoms with E-state index in [-0.39, 0.29) is 5.91 Å². The SMILES string of the molecule is O=C1/C(=C\c2ccc(Cl)cc2)N=C(c2ccc(Cl)cc2)N1c1ccc(Br)cc1. The number of nitrogens with zero attached hydrogens (tertiary/aromatic N) is 2. The van der Waals surface area contributed by atoms with Crippen LogP contribution < -0.4 is 4.90 Å². The lowest BCUT2D eigenvalue weighted by Crippen LogP contribution is -2.32. The molecular formula is C22H13BrCl2N2O. The number of anilines is 1. The molecule has 0 spiro atoms. The monoisotopic (exact) mass is 470 g/mol. The van der Waals surface area contributed by atoms with E-state index in [0.29, 0.717) is 21.6 Å². The lowest BCUT2D eigenvalue weighted by molar-refractivity contribution is -0.113. The zero-order chi connectivity index (χ0) is 19.7. The van der Waals surface area contributed by atoms with Crippen molar-refractivity contribution < 1.29 is 4.79 Å². The van der Waals surface area contributed by atoms with Gasteiger partial charge in [0.15, 0.2) is 0 Å². The maximum atomic E-state index is 13.2. The Kier molecular flexibility index (Phi) is 5.36. The van der Waals surface area contributed by atoms with E-state index in [1.165, 1.54) is 0 Å². The lowest BCUT2D eigenvalue weighted by atomic mass is 10.1. The molecule has 4 rings (SSSR count). The van der Waals surface area contributed by atoms with E-state index in [1.54, 1.807) is 35.2 Å².